The summed E-state index contributed by atoms with van der Waals surface area (Å²) in [6, 6.07) is 0.163. The summed E-state index contributed by atoms with van der Waals surface area (Å²) in [5, 5.41) is 0. The highest BCUT2D eigenvalue weighted by Gasteiger charge is 2.34. The fourth-order valence-corrected chi connectivity index (χ4v) is 2.47. The molecule has 16 heavy (non-hydrogen) atoms. The van der Waals surface area contributed by atoms with Crippen LogP contribution in [0, 0.1) is 5.92 Å². The zero-order chi connectivity index (χ0) is 12.3. The molecule has 4 heteroatoms. The van der Waals surface area contributed by atoms with Crippen molar-refractivity contribution < 1.29 is 4.79 Å². The van der Waals surface area contributed by atoms with Gasteiger partial charge in [0.15, 0.2) is 0 Å². The van der Waals surface area contributed by atoms with Crippen LogP contribution in [0.1, 0.15) is 26.7 Å². The van der Waals surface area contributed by atoms with Crippen LogP contribution in [0.25, 0.3) is 0 Å². The van der Waals surface area contributed by atoms with E-state index in [9.17, 15) is 4.79 Å². The Hall–Kier alpha value is -0.610. The number of likely N-dealkylation sites (tertiary alicyclic amines) is 1. The van der Waals surface area contributed by atoms with Crippen molar-refractivity contribution >= 4 is 5.91 Å². The van der Waals surface area contributed by atoms with Crippen LogP contribution in [-0.2, 0) is 4.79 Å². The molecule has 2 N–H and O–H groups in total. The number of hydrogen-bond donors (Lipinski definition) is 1. The van der Waals surface area contributed by atoms with Crippen molar-refractivity contribution in [3.05, 3.63) is 0 Å². The topological polar surface area (TPSA) is 49.6 Å². The van der Waals surface area contributed by atoms with Crippen LogP contribution in [-0.4, -0.2) is 55.0 Å². The summed E-state index contributed by atoms with van der Waals surface area (Å²) < 4.78 is 0. The summed E-state index contributed by atoms with van der Waals surface area (Å²) in [4.78, 5) is 16.2. The van der Waals surface area contributed by atoms with E-state index in [0.29, 0.717) is 12.0 Å². The van der Waals surface area contributed by atoms with Gasteiger partial charge >= 0.3 is 0 Å². The number of nitrogens with two attached hydrogens (primary N) is 1. The third-order valence-corrected chi connectivity index (χ3v) is 3.46. The highest BCUT2D eigenvalue weighted by molar-refractivity contribution is 5.82. The van der Waals surface area contributed by atoms with Gasteiger partial charge in [-0.25, -0.2) is 0 Å². The van der Waals surface area contributed by atoms with Crippen molar-refractivity contribution in [1.29, 1.82) is 0 Å². The largest absolute Gasteiger partial charge is 0.339 e. The molecule has 1 heterocycles. The van der Waals surface area contributed by atoms with Crippen molar-refractivity contribution in [2.75, 3.05) is 27.2 Å². The standard InChI is InChI=1S/C12H25N3O/c1-5-6-10(13)12(16)15-7-9(2)11(8-15)14(3)4/h9-11H,5-8,13H2,1-4H3/t9?,10-,11?/m0/s1. The first kappa shape index (κ1) is 13.5. The van der Waals surface area contributed by atoms with Gasteiger partial charge < -0.3 is 15.5 Å². The second kappa shape index (κ2) is 5.64. The molecule has 1 aliphatic rings. The Morgan fingerprint density at radius 2 is 2.12 bits per heavy atom. The molecule has 2 unspecified atom stereocenters. The molecule has 0 aromatic carbocycles. The Morgan fingerprint density at radius 1 is 1.50 bits per heavy atom. The minimum atomic E-state index is -0.307. The summed E-state index contributed by atoms with van der Waals surface area (Å²) in [6.45, 7) is 5.93. The van der Waals surface area contributed by atoms with Crippen LogP contribution in [0.4, 0.5) is 0 Å². The van der Waals surface area contributed by atoms with Crippen molar-refractivity contribution in [3.63, 3.8) is 0 Å². The molecule has 0 spiro atoms. The van der Waals surface area contributed by atoms with Crippen molar-refractivity contribution in [2.24, 2.45) is 11.7 Å². The zero-order valence-electron chi connectivity index (χ0n) is 10.9. The van der Waals surface area contributed by atoms with Crippen molar-refractivity contribution in [3.8, 4) is 0 Å². The Bertz CT molecular complexity index is 242. The molecule has 0 aliphatic carbocycles. The predicted molar refractivity (Wildman–Crippen MR) is 66.1 cm³/mol. The summed E-state index contributed by atoms with van der Waals surface area (Å²) in [5.41, 5.74) is 5.87. The second-order valence-corrected chi connectivity index (χ2v) is 5.15. The van der Waals surface area contributed by atoms with Crippen molar-refractivity contribution in [2.45, 2.75) is 38.8 Å². The molecule has 3 atom stereocenters. The number of carbonyl (C=O) groups is 1. The van der Waals surface area contributed by atoms with E-state index in [1.54, 1.807) is 0 Å². The first-order chi connectivity index (χ1) is 7.47. The molecule has 1 aliphatic heterocycles. The molecular weight excluding hydrogens is 202 g/mol. The lowest BCUT2D eigenvalue weighted by Gasteiger charge is -2.23. The van der Waals surface area contributed by atoms with E-state index in [1.807, 2.05) is 4.90 Å². The van der Waals surface area contributed by atoms with E-state index in [1.165, 1.54) is 0 Å². The van der Waals surface area contributed by atoms with E-state index in [0.717, 1.165) is 25.9 Å². The first-order valence-electron chi connectivity index (χ1n) is 6.18. The van der Waals surface area contributed by atoms with Gasteiger partial charge in [0.1, 0.15) is 0 Å². The Balaban J connectivity index is 2.54. The van der Waals surface area contributed by atoms with E-state index in [2.05, 4.69) is 32.8 Å². The van der Waals surface area contributed by atoms with Gasteiger partial charge in [-0.2, -0.15) is 0 Å². The number of nitrogens with zero attached hydrogens (tertiary/aromatic N) is 2. The van der Waals surface area contributed by atoms with Crippen LogP contribution < -0.4 is 5.73 Å². The molecule has 0 radical (unpaired) electrons. The third kappa shape index (κ3) is 2.95. The number of carbonyl (C=O) groups excluding carboxylic acids is 1. The summed E-state index contributed by atoms with van der Waals surface area (Å²) in [7, 11) is 4.14. The minimum absolute atomic E-state index is 0.123. The van der Waals surface area contributed by atoms with Gasteiger partial charge in [-0.15, -0.1) is 0 Å². The van der Waals surface area contributed by atoms with Crippen LogP contribution in [0.15, 0.2) is 0 Å². The lowest BCUT2D eigenvalue weighted by Crippen LogP contribution is -2.43. The summed E-state index contributed by atoms with van der Waals surface area (Å²) in [5.74, 6) is 0.658. The summed E-state index contributed by atoms with van der Waals surface area (Å²) >= 11 is 0. The Morgan fingerprint density at radius 3 is 2.56 bits per heavy atom. The number of amides is 1. The van der Waals surface area contributed by atoms with Gasteiger partial charge in [-0.3, -0.25) is 4.79 Å². The predicted octanol–water partition coefficient (Wildman–Crippen LogP) is 0.522. The van der Waals surface area contributed by atoms with Crippen LogP contribution in [0.2, 0.25) is 0 Å². The molecular formula is C12H25N3O. The monoisotopic (exact) mass is 227 g/mol. The SMILES string of the molecule is CCC[C@H](N)C(=O)N1CC(C)C(N(C)C)C1. The maximum absolute atomic E-state index is 12.0. The lowest BCUT2D eigenvalue weighted by atomic mass is 10.1. The number of hydrogen-bond acceptors (Lipinski definition) is 3. The van der Waals surface area contributed by atoms with Crippen LogP contribution >= 0.6 is 0 Å². The van der Waals surface area contributed by atoms with E-state index in [4.69, 9.17) is 5.73 Å². The normalized spacial score (nSPS) is 27.5. The van der Waals surface area contributed by atoms with Crippen LogP contribution in [0.5, 0.6) is 0 Å². The molecule has 1 fully saturated rings. The second-order valence-electron chi connectivity index (χ2n) is 5.15. The quantitative estimate of drug-likeness (QED) is 0.762. The van der Waals surface area contributed by atoms with Gasteiger partial charge in [0.25, 0.3) is 0 Å². The molecule has 1 rings (SSSR count). The van der Waals surface area contributed by atoms with E-state index >= 15 is 0 Å². The molecule has 4 nitrogen and oxygen atoms in total. The summed E-state index contributed by atoms with van der Waals surface area (Å²) in [6.07, 6.45) is 1.75. The highest BCUT2D eigenvalue weighted by atomic mass is 16.2. The van der Waals surface area contributed by atoms with Crippen molar-refractivity contribution in [1.82, 2.24) is 9.80 Å². The van der Waals surface area contributed by atoms with Gasteiger partial charge in [-0.1, -0.05) is 20.3 Å². The maximum Gasteiger partial charge on any atom is 0.239 e. The molecule has 0 bridgehead atoms. The number of likely N-dealkylation sites (N-methyl/N-ethyl adjacent to an activating group) is 1. The smallest absolute Gasteiger partial charge is 0.239 e. The maximum atomic E-state index is 12.0. The molecule has 0 aromatic heterocycles. The fourth-order valence-electron chi connectivity index (χ4n) is 2.47. The molecule has 0 aromatic rings. The molecule has 1 amide bonds. The molecule has 94 valence electrons. The lowest BCUT2D eigenvalue weighted by molar-refractivity contribution is -0.131. The Labute approximate surface area is 98.8 Å². The van der Waals surface area contributed by atoms with Gasteiger partial charge in [0.2, 0.25) is 5.91 Å². The molecule has 1 saturated heterocycles. The molecule has 0 saturated carbocycles. The average molecular weight is 227 g/mol. The van der Waals surface area contributed by atoms with Gasteiger partial charge in [0.05, 0.1) is 6.04 Å². The average Bonchev–Trinajstić information content (AvgIpc) is 2.59. The Kier molecular flexibility index (Phi) is 4.74. The minimum Gasteiger partial charge on any atom is -0.339 e. The first-order valence-corrected chi connectivity index (χ1v) is 6.18. The van der Waals surface area contributed by atoms with E-state index < -0.39 is 0 Å². The van der Waals surface area contributed by atoms with Gasteiger partial charge in [-0.05, 0) is 26.4 Å². The van der Waals surface area contributed by atoms with E-state index in [-0.39, 0.29) is 11.9 Å². The van der Waals surface area contributed by atoms with Crippen LogP contribution in [0.3, 0.4) is 0 Å². The number of rotatable bonds is 4. The highest BCUT2D eigenvalue weighted by Crippen LogP contribution is 2.20. The van der Waals surface area contributed by atoms with Gasteiger partial charge in [0, 0.05) is 19.1 Å². The fraction of sp³-hybridized carbons (Fsp3) is 0.917. The third-order valence-electron chi connectivity index (χ3n) is 3.46. The zero-order valence-corrected chi connectivity index (χ0v) is 10.9.